The molecule has 20 heavy (non-hydrogen) atoms. The van der Waals surface area contributed by atoms with Gasteiger partial charge in [-0.1, -0.05) is 12.1 Å². The summed E-state index contributed by atoms with van der Waals surface area (Å²) in [5, 5.41) is 8.91. The first-order valence-electron chi connectivity index (χ1n) is 5.28. The number of hydrogen-bond acceptors (Lipinski definition) is 6. The first-order valence-corrected chi connectivity index (χ1v) is 7.64. The molecule has 2 rings (SSSR count). The Bertz CT molecular complexity index is 739. The fourth-order valence-electron chi connectivity index (χ4n) is 1.49. The van der Waals surface area contributed by atoms with Gasteiger partial charge in [-0.2, -0.15) is 0 Å². The van der Waals surface area contributed by atoms with E-state index in [0.29, 0.717) is 5.75 Å². The lowest BCUT2D eigenvalue weighted by Gasteiger charge is -2.10. The van der Waals surface area contributed by atoms with E-state index in [1.54, 1.807) is 18.2 Å². The smallest absolute Gasteiger partial charge is 0.356 e. The second-order valence-corrected chi connectivity index (χ2v) is 6.33. The molecule has 0 saturated heterocycles. The summed E-state index contributed by atoms with van der Waals surface area (Å²) < 4.78 is 31.4. The van der Waals surface area contributed by atoms with Gasteiger partial charge in [-0.15, -0.1) is 11.3 Å². The number of nitrogens with one attached hydrogen (secondary N) is 1. The van der Waals surface area contributed by atoms with Crippen LogP contribution in [0.4, 0.5) is 5.69 Å². The van der Waals surface area contributed by atoms with E-state index < -0.39 is 21.7 Å². The number of para-hydroxylation sites is 2. The molecule has 0 fully saturated rings. The second kappa shape index (κ2) is 5.47. The van der Waals surface area contributed by atoms with E-state index in [1.807, 2.05) is 0 Å². The molecule has 0 aliphatic rings. The van der Waals surface area contributed by atoms with Crippen molar-refractivity contribution in [1.29, 1.82) is 0 Å². The van der Waals surface area contributed by atoms with Gasteiger partial charge in [-0.05, 0) is 12.1 Å². The molecular weight excluding hydrogens is 304 g/mol. The van der Waals surface area contributed by atoms with Crippen LogP contribution in [0.2, 0.25) is 0 Å². The third kappa shape index (κ3) is 2.73. The number of aromatic nitrogens is 1. The topological polar surface area (TPSA) is 106 Å². The van der Waals surface area contributed by atoms with Gasteiger partial charge >= 0.3 is 5.97 Å². The number of methoxy groups -OCH3 is 1. The van der Waals surface area contributed by atoms with Crippen molar-refractivity contribution in [3.05, 3.63) is 35.5 Å². The van der Waals surface area contributed by atoms with Crippen LogP contribution in [-0.4, -0.2) is 31.6 Å². The molecule has 0 radical (unpaired) electrons. The van der Waals surface area contributed by atoms with Crippen molar-refractivity contribution in [1.82, 2.24) is 4.98 Å². The maximum Gasteiger partial charge on any atom is 0.356 e. The normalized spacial score (nSPS) is 11.1. The van der Waals surface area contributed by atoms with Crippen molar-refractivity contribution in [3.8, 4) is 5.75 Å². The van der Waals surface area contributed by atoms with Gasteiger partial charge < -0.3 is 9.84 Å². The highest BCUT2D eigenvalue weighted by molar-refractivity contribution is 7.94. The van der Waals surface area contributed by atoms with Crippen molar-refractivity contribution in [2.75, 3.05) is 11.8 Å². The van der Waals surface area contributed by atoms with Gasteiger partial charge in [0.25, 0.3) is 10.0 Å². The predicted molar refractivity (Wildman–Crippen MR) is 72.9 cm³/mol. The molecule has 0 saturated carbocycles. The Morgan fingerprint density at radius 3 is 2.75 bits per heavy atom. The van der Waals surface area contributed by atoms with E-state index in [1.165, 1.54) is 18.7 Å². The molecule has 2 N–H and O–H groups in total. The molecule has 0 aliphatic heterocycles. The number of ether oxygens (including phenoxy) is 1. The lowest BCUT2D eigenvalue weighted by Crippen LogP contribution is -2.15. The van der Waals surface area contributed by atoms with Crippen LogP contribution in [0.25, 0.3) is 0 Å². The third-order valence-corrected chi connectivity index (χ3v) is 5.07. The standard InChI is InChI=1S/C11H10N2O5S2/c1-18-8-5-3-2-4-7(8)13-20(16,17)11-9(10(14)15)12-6-19-11/h2-6,13H,1H3,(H,14,15). The van der Waals surface area contributed by atoms with E-state index in [-0.39, 0.29) is 9.90 Å². The Kier molecular flexibility index (Phi) is 3.91. The second-order valence-electron chi connectivity index (χ2n) is 3.60. The summed E-state index contributed by atoms with van der Waals surface area (Å²) in [5.41, 5.74) is 0.886. The van der Waals surface area contributed by atoms with E-state index in [4.69, 9.17) is 9.84 Å². The number of carboxylic acids is 1. The maximum absolute atomic E-state index is 12.2. The van der Waals surface area contributed by atoms with Gasteiger partial charge in [-0.3, -0.25) is 4.72 Å². The molecule has 106 valence electrons. The van der Waals surface area contributed by atoms with Crippen LogP contribution >= 0.6 is 11.3 Å². The predicted octanol–water partition coefficient (Wildman–Crippen LogP) is 1.65. The number of rotatable bonds is 5. The number of carboxylic acid groups (broad SMARTS) is 1. The molecule has 0 aliphatic carbocycles. The number of benzene rings is 1. The number of sulfonamides is 1. The zero-order valence-electron chi connectivity index (χ0n) is 10.2. The largest absolute Gasteiger partial charge is 0.495 e. The third-order valence-electron chi connectivity index (χ3n) is 2.33. The molecule has 0 spiro atoms. The summed E-state index contributed by atoms with van der Waals surface area (Å²) in [4.78, 5) is 14.5. The number of nitrogens with zero attached hydrogens (tertiary/aromatic N) is 1. The van der Waals surface area contributed by atoms with E-state index in [2.05, 4.69) is 9.71 Å². The first kappa shape index (κ1) is 14.3. The Morgan fingerprint density at radius 2 is 2.10 bits per heavy atom. The molecule has 0 amide bonds. The summed E-state index contributed by atoms with van der Waals surface area (Å²) in [5.74, 6) is -1.07. The number of hydrogen-bond donors (Lipinski definition) is 2. The minimum atomic E-state index is -4.03. The Labute approximate surface area is 118 Å². The fraction of sp³-hybridized carbons (Fsp3) is 0.0909. The number of carbonyl (C=O) groups is 1. The van der Waals surface area contributed by atoms with Crippen LogP contribution < -0.4 is 9.46 Å². The monoisotopic (exact) mass is 314 g/mol. The van der Waals surface area contributed by atoms with Gasteiger partial charge in [0.2, 0.25) is 0 Å². The summed E-state index contributed by atoms with van der Waals surface area (Å²) >= 11 is 0.734. The van der Waals surface area contributed by atoms with Gasteiger partial charge in [0.1, 0.15) is 5.75 Å². The van der Waals surface area contributed by atoms with Crippen LogP contribution in [0.3, 0.4) is 0 Å². The lowest BCUT2D eigenvalue weighted by atomic mass is 10.3. The van der Waals surface area contributed by atoms with Gasteiger partial charge in [0, 0.05) is 0 Å². The average molecular weight is 314 g/mol. The zero-order valence-corrected chi connectivity index (χ0v) is 11.9. The van der Waals surface area contributed by atoms with Gasteiger partial charge in [0.05, 0.1) is 18.3 Å². The van der Waals surface area contributed by atoms with Crippen LogP contribution in [0, 0.1) is 0 Å². The van der Waals surface area contributed by atoms with Gasteiger partial charge in [-0.25, -0.2) is 18.2 Å². The highest BCUT2D eigenvalue weighted by Crippen LogP contribution is 2.28. The molecule has 1 heterocycles. The van der Waals surface area contributed by atoms with Crippen molar-refractivity contribution < 1.29 is 23.1 Å². The van der Waals surface area contributed by atoms with Crippen molar-refractivity contribution in [2.45, 2.75) is 4.21 Å². The minimum Gasteiger partial charge on any atom is -0.495 e. The van der Waals surface area contributed by atoms with Crippen molar-refractivity contribution in [3.63, 3.8) is 0 Å². The minimum absolute atomic E-state index is 0.222. The molecule has 0 unspecified atom stereocenters. The van der Waals surface area contributed by atoms with Crippen molar-refractivity contribution >= 4 is 33.0 Å². The molecule has 1 aromatic carbocycles. The molecule has 0 bridgehead atoms. The number of aromatic carboxylic acids is 1. The molecule has 2 aromatic rings. The number of anilines is 1. The Hall–Kier alpha value is -2.13. The van der Waals surface area contributed by atoms with E-state index in [9.17, 15) is 13.2 Å². The molecule has 9 heteroatoms. The summed E-state index contributed by atoms with van der Waals surface area (Å²) in [7, 11) is -2.63. The molecular formula is C11H10N2O5S2. The van der Waals surface area contributed by atoms with Crippen LogP contribution in [0.5, 0.6) is 5.75 Å². The lowest BCUT2D eigenvalue weighted by molar-refractivity contribution is 0.0687. The average Bonchev–Trinajstić information content (AvgIpc) is 2.89. The maximum atomic E-state index is 12.2. The van der Waals surface area contributed by atoms with Crippen LogP contribution in [0.15, 0.2) is 34.0 Å². The van der Waals surface area contributed by atoms with E-state index >= 15 is 0 Å². The number of thiazole rings is 1. The molecule has 0 atom stereocenters. The fourth-order valence-corrected chi connectivity index (χ4v) is 3.70. The van der Waals surface area contributed by atoms with Gasteiger partial charge in [0.15, 0.2) is 9.90 Å². The molecule has 1 aromatic heterocycles. The highest BCUT2D eigenvalue weighted by Gasteiger charge is 2.26. The first-order chi connectivity index (χ1) is 9.45. The van der Waals surface area contributed by atoms with E-state index in [0.717, 1.165) is 11.3 Å². The zero-order chi connectivity index (χ0) is 14.8. The summed E-state index contributed by atoms with van der Waals surface area (Å²) in [6.45, 7) is 0. The van der Waals surface area contributed by atoms with Crippen molar-refractivity contribution in [2.24, 2.45) is 0 Å². The quantitative estimate of drug-likeness (QED) is 0.869. The highest BCUT2D eigenvalue weighted by atomic mass is 32.2. The Morgan fingerprint density at radius 1 is 1.40 bits per heavy atom. The summed E-state index contributed by atoms with van der Waals surface area (Å²) in [6, 6.07) is 6.41. The van der Waals surface area contributed by atoms with Crippen LogP contribution in [0.1, 0.15) is 10.5 Å². The molecule has 7 nitrogen and oxygen atoms in total. The summed E-state index contributed by atoms with van der Waals surface area (Å²) in [6.07, 6.45) is 0. The SMILES string of the molecule is COc1ccccc1NS(=O)(=O)c1scnc1C(=O)O. The Balaban J connectivity index is 2.41. The van der Waals surface area contributed by atoms with Crippen LogP contribution in [-0.2, 0) is 10.0 Å².